The van der Waals surface area contributed by atoms with E-state index >= 15 is 0 Å². The number of thiophene rings is 1. The van der Waals surface area contributed by atoms with Gasteiger partial charge < -0.3 is 19.5 Å². The summed E-state index contributed by atoms with van der Waals surface area (Å²) in [7, 11) is 3.60. The van der Waals surface area contributed by atoms with Gasteiger partial charge in [0.1, 0.15) is 16.5 Å². The number of likely N-dealkylation sites (N-methyl/N-ethyl adjacent to an activating group) is 1. The fraction of sp³-hybridized carbons (Fsp3) is 0.368. The summed E-state index contributed by atoms with van der Waals surface area (Å²) in [6, 6.07) is 5.01. The van der Waals surface area contributed by atoms with E-state index in [0.717, 1.165) is 30.0 Å². The van der Waals surface area contributed by atoms with Crippen molar-refractivity contribution in [2.45, 2.75) is 19.9 Å². The van der Waals surface area contributed by atoms with Crippen molar-refractivity contribution in [3.8, 4) is 11.5 Å². The van der Waals surface area contributed by atoms with Crippen molar-refractivity contribution < 1.29 is 19.4 Å². The molecule has 1 N–H and O–H groups in total. The molecule has 1 aromatic heterocycles. The van der Waals surface area contributed by atoms with Crippen LogP contribution in [-0.4, -0.2) is 49.5 Å². The second-order valence-corrected chi connectivity index (χ2v) is 7.16. The molecule has 2 aromatic rings. The minimum Gasteiger partial charge on any atom is -0.507 e. The van der Waals surface area contributed by atoms with E-state index in [-0.39, 0.29) is 11.7 Å². The van der Waals surface area contributed by atoms with E-state index in [2.05, 4.69) is 16.9 Å². The molecule has 2 heterocycles. The van der Waals surface area contributed by atoms with E-state index < -0.39 is 0 Å². The summed E-state index contributed by atoms with van der Waals surface area (Å²) in [4.78, 5) is 20.3. The number of fused-ring (bicyclic) bond motifs is 1. The van der Waals surface area contributed by atoms with E-state index in [1.807, 2.05) is 0 Å². The topological polar surface area (TPSA) is 71.4 Å². The fourth-order valence-corrected chi connectivity index (χ4v) is 4.17. The van der Waals surface area contributed by atoms with Crippen LogP contribution in [0.2, 0.25) is 0 Å². The summed E-state index contributed by atoms with van der Waals surface area (Å²) in [6.07, 6.45) is 2.37. The Morgan fingerprint density at radius 2 is 2.27 bits per heavy atom. The Morgan fingerprint density at radius 1 is 1.46 bits per heavy atom. The van der Waals surface area contributed by atoms with Gasteiger partial charge >= 0.3 is 5.97 Å². The van der Waals surface area contributed by atoms with E-state index in [0.29, 0.717) is 28.5 Å². The molecule has 0 unspecified atom stereocenters. The highest BCUT2D eigenvalue weighted by Crippen LogP contribution is 2.39. The monoisotopic (exact) mass is 374 g/mol. The van der Waals surface area contributed by atoms with Crippen LogP contribution in [0.25, 0.3) is 0 Å². The molecule has 138 valence electrons. The van der Waals surface area contributed by atoms with Crippen LogP contribution in [0, 0.1) is 0 Å². The van der Waals surface area contributed by atoms with Gasteiger partial charge in [-0.05, 0) is 38.1 Å². The Morgan fingerprint density at radius 3 is 2.96 bits per heavy atom. The number of phenols is 1. The first-order valence-electron chi connectivity index (χ1n) is 8.44. The maximum atomic E-state index is 12.5. The van der Waals surface area contributed by atoms with Gasteiger partial charge in [0.05, 0.1) is 19.3 Å². The number of carbonyl (C=O) groups excluding carboxylic acids is 1. The van der Waals surface area contributed by atoms with Gasteiger partial charge in [0.25, 0.3) is 0 Å². The summed E-state index contributed by atoms with van der Waals surface area (Å²) in [5, 5.41) is 10.7. The van der Waals surface area contributed by atoms with Crippen molar-refractivity contribution in [3.05, 3.63) is 39.8 Å². The molecule has 0 fully saturated rings. The Hall–Kier alpha value is -2.38. The van der Waals surface area contributed by atoms with Gasteiger partial charge in [0, 0.05) is 35.8 Å². The Labute approximate surface area is 156 Å². The van der Waals surface area contributed by atoms with Gasteiger partial charge in [-0.25, -0.2) is 9.79 Å². The molecule has 0 bridgehead atoms. The van der Waals surface area contributed by atoms with Crippen molar-refractivity contribution in [3.63, 3.8) is 0 Å². The first-order chi connectivity index (χ1) is 12.5. The third-order valence-electron chi connectivity index (χ3n) is 4.27. The largest absolute Gasteiger partial charge is 0.507 e. The molecule has 3 rings (SSSR count). The number of benzene rings is 1. The van der Waals surface area contributed by atoms with E-state index in [9.17, 15) is 9.90 Å². The standard InChI is InChI=1S/C19H22N2O4S/c1-4-25-19(23)17-14-7-8-21(2)11-16(14)26-18(17)20-10-12-5-6-13(24-3)9-15(12)22/h5-6,9-10,22H,4,7-8,11H2,1-3H3. The number of hydrogen-bond donors (Lipinski definition) is 1. The number of aliphatic imine (C=N–C) groups is 1. The van der Waals surface area contributed by atoms with Crippen LogP contribution in [0.1, 0.15) is 33.3 Å². The number of ether oxygens (including phenoxy) is 2. The average Bonchev–Trinajstić information content (AvgIpc) is 2.98. The second kappa shape index (κ2) is 7.88. The molecular formula is C19H22N2O4S. The molecule has 0 atom stereocenters. The van der Waals surface area contributed by atoms with Crippen molar-refractivity contribution in [2.24, 2.45) is 4.99 Å². The summed E-state index contributed by atoms with van der Waals surface area (Å²) in [6.45, 7) is 3.82. The zero-order chi connectivity index (χ0) is 18.7. The highest BCUT2D eigenvalue weighted by Gasteiger charge is 2.27. The zero-order valence-corrected chi connectivity index (χ0v) is 15.9. The predicted octanol–water partition coefficient (Wildman–Crippen LogP) is 3.38. The van der Waals surface area contributed by atoms with Crippen LogP contribution in [0.4, 0.5) is 5.00 Å². The lowest BCUT2D eigenvalue weighted by Crippen LogP contribution is -2.26. The first kappa shape index (κ1) is 18.4. The van der Waals surface area contributed by atoms with Crippen molar-refractivity contribution in [2.75, 3.05) is 27.3 Å². The highest BCUT2D eigenvalue weighted by atomic mass is 32.1. The lowest BCUT2D eigenvalue weighted by atomic mass is 10.0. The van der Waals surface area contributed by atoms with Crippen molar-refractivity contribution in [1.82, 2.24) is 4.90 Å². The average molecular weight is 374 g/mol. The Kier molecular flexibility index (Phi) is 5.58. The predicted molar refractivity (Wildman–Crippen MR) is 102 cm³/mol. The van der Waals surface area contributed by atoms with Gasteiger partial charge in [-0.3, -0.25) is 0 Å². The fourth-order valence-electron chi connectivity index (χ4n) is 2.91. The van der Waals surface area contributed by atoms with Crippen LogP contribution in [0.3, 0.4) is 0 Å². The molecule has 0 amide bonds. The maximum Gasteiger partial charge on any atom is 0.341 e. The Bertz CT molecular complexity index is 844. The van der Waals surface area contributed by atoms with Crippen LogP contribution < -0.4 is 4.74 Å². The summed E-state index contributed by atoms with van der Waals surface area (Å²) in [5.41, 5.74) is 2.16. The smallest absolute Gasteiger partial charge is 0.341 e. The number of carbonyl (C=O) groups is 1. The lowest BCUT2D eigenvalue weighted by Gasteiger charge is -2.22. The molecule has 1 aromatic carbocycles. The van der Waals surface area contributed by atoms with Gasteiger partial charge in [-0.2, -0.15) is 0 Å². The molecular weight excluding hydrogens is 352 g/mol. The lowest BCUT2D eigenvalue weighted by molar-refractivity contribution is 0.0526. The zero-order valence-electron chi connectivity index (χ0n) is 15.1. The molecule has 0 spiro atoms. The number of aromatic hydroxyl groups is 1. The van der Waals surface area contributed by atoms with Crippen molar-refractivity contribution in [1.29, 1.82) is 0 Å². The normalized spacial score (nSPS) is 14.4. The summed E-state index contributed by atoms with van der Waals surface area (Å²) in [5.74, 6) is 0.314. The van der Waals surface area contributed by atoms with Gasteiger partial charge in [0.2, 0.25) is 0 Å². The SMILES string of the molecule is CCOC(=O)c1c(N=Cc2ccc(OC)cc2O)sc2c1CCN(C)C2. The van der Waals surface area contributed by atoms with Gasteiger partial charge in [-0.1, -0.05) is 0 Å². The molecule has 6 nitrogen and oxygen atoms in total. The molecule has 7 heteroatoms. The van der Waals surface area contributed by atoms with Crippen molar-refractivity contribution >= 4 is 28.5 Å². The third-order valence-corrected chi connectivity index (χ3v) is 5.39. The van der Waals surface area contributed by atoms with Crippen LogP contribution in [0.5, 0.6) is 11.5 Å². The summed E-state index contributed by atoms with van der Waals surface area (Å²) >= 11 is 1.51. The van der Waals surface area contributed by atoms with E-state index in [1.165, 1.54) is 17.4 Å². The first-order valence-corrected chi connectivity index (χ1v) is 9.26. The minimum absolute atomic E-state index is 0.0758. The van der Waals surface area contributed by atoms with Crippen LogP contribution in [0.15, 0.2) is 23.2 Å². The van der Waals surface area contributed by atoms with Crippen LogP contribution in [-0.2, 0) is 17.7 Å². The van der Waals surface area contributed by atoms with Gasteiger partial charge in [-0.15, -0.1) is 11.3 Å². The van der Waals surface area contributed by atoms with E-state index in [1.54, 1.807) is 32.4 Å². The number of rotatable bonds is 5. The quantitative estimate of drug-likeness (QED) is 0.642. The minimum atomic E-state index is -0.333. The highest BCUT2D eigenvalue weighted by molar-refractivity contribution is 7.16. The maximum absolute atomic E-state index is 12.5. The number of esters is 1. The number of hydrogen-bond acceptors (Lipinski definition) is 7. The molecule has 0 saturated carbocycles. The second-order valence-electron chi connectivity index (χ2n) is 6.08. The number of phenolic OH excluding ortho intramolecular Hbond substituents is 1. The molecule has 1 aliphatic heterocycles. The molecule has 0 radical (unpaired) electrons. The Balaban J connectivity index is 1.97. The number of methoxy groups -OCH3 is 1. The van der Waals surface area contributed by atoms with Gasteiger partial charge in [0.15, 0.2) is 0 Å². The molecule has 1 aliphatic rings. The third kappa shape index (κ3) is 3.73. The molecule has 0 aliphatic carbocycles. The molecule has 0 saturated heterocycles. The number of nitrogens with zero attached hydrogens (tertiary/aromatic N) is 2. The van der Waals surface area contributed by atoms with E-state index in [4.69, 9.17) is 9.47 Å². The van der Waals surface area contributed by atoms with Crippen LogP contribution >= 0.6 is 11.3 Å². The molecule has 26 heavy (non-hydrogen) atoms. The summed E-state index contributed by atoms with van der Waals surface area (Å²) < 4.78 is 10.3.